The first-order chi connectivity index (χ1) is 9.79. The van der Waals surface area contributed by atoms with Gasteiger partial charge in [0.2, 0.25) is 5.89 Å². The molecule has 2 fully saturated rings. The maximum absolute atomic E-state index is 5.74. The number of aromatic nitrogens is 2. The van der Waals surface area contributed by atoms with E-state index in [0.29, 0.717) is 30.5 Å². The molecule has 112 valence electrons. The van der Waals surface area contributed by atoms with Gasteiger partial charge in [-0.25, -0.2) is 0 Å². The van der Waals surface area contributed by atoms with Crippen LogP contribution in [0.25, 0.3) is 0 Å². The normalized spacial score (nSPS) is 26.7. The Balaban J connectivity index is 1.58. The number of hydrogen-bond donors (Lipinski definition) is 0. The Morgan fingerprint density at radius 2 is 1.75 bits per heavy atom. The standard InChI is InChI=1S/C14H23N3O3/c1-11-15-14(20-16-11)10-17(8-12-4-2-6-18-12)9-13-5-3-7-19-13/h12-13H,2-10H2,1H3/t12-,13-/m0/s1. The van der Waals surface area contributed by atoms with E-state index in [2.05, 4.69) is 15.0 Å². The second-order valence-electron chi connectivity index (χ2n) is 5.70. The number of ether oxygens (including phenoxy) is 2. The number of nitrogens with zero attached hydrogens (tertiary/aromatic N) is 3. The molecule has 0 aromatic carbocycles. The third kappa shape index (κ3) is 3.77. The molecule has 6 nitrogen and oxygen atoms in total. The molecule has 0 spiro atoms. The molecule has 2 saturated heterocycles. The van der Waals surface area contributed by atoms with Crippen LogP contribution in [0.2, 0.25) is 0 Å². The lowest BCUT2D eigenvalue weighted by molar-refractivity contribution is 0.0309. The molecule has 2 aliphatic rings. The molecule has 1 aromatic rings. The highest BCUT2D eigenvalue weighted by atomic mass is 16.5. The highest BCUT2D eigenvalue weighted by Gasteiger charge is 2.25. The molecule has 0 unspecified atom stereocenters. The van der Waals surface area contributed by atoms with E-state index < -0.39 is 0 Å². The zero-order valence-electron chi connectivity index (χ0n) is 12.1. The van der Waals surface area contributed by atoms with Gasteiger partial charge in [-0.15, -0.1) is 0 Å². The lowest BCUT2D eigenvalue weighted by atomic mass is 10.2. The molecular weight excluding hydrogens is 258 g/mol. The van der Waals surface area contributed by atoms with Gasteiger partial charge in [0.25, 0.3) is 0 Å². The molecule has 0 saturated carbocycles. The van der Waals surface area contributed by atoms with E-state index in [1.807, 2.05) is 6.92 Å². The van der Waals surface area contributed by atoms with Crippen LogP contribution in [0.4, 0.5) is 0 Å². The SMILES string of the molecule is Cc1noc(CN(C[C@@H]2CCCO2)C[C@@H]2CCCO2)n1. The highest BCUT2D eigenvalue weighted by molar-refractivity contribution is 4.85. The molecule has 2 aliphatic heterocycles. The van der Waals surface area contributed by atoms with E-state index in [1.165, 1.54) is 0 Å². The summed E-state index contributed by atoms with van der Waals surface area (Å²) in [7, 11) is 0. The summed E-state index contributed by atoms with van der Waals surface area (Å²) in [5.74, 6) is 1.37. The third-order valence-corrected chi connectivity index (χ3v) is 3.90. The minimum Gasteiger partial charge on any atom is -0.377 e. The molecule has 0 N–H and O–H groups in total. The highest BCUT2D eigenvalue weighted by Crippen LogP contribution is 2.18. The van der Waals surface area contributed by atoms with E-state index in [4.69, 9.17) is 14.0 Å². The van der Waals surface area contributed by atoms with Gasteiger partial charge >= 0.3 is 0 Å². The van der Waals surface area contributed by atoms with Gasteiger partial charge in [-0.3, -0.25) is 4.90 Å². The van der Waals surface area contributed by atoms with Gasteiger partial charge in [-0.2, -0.15) is 4.98 Å². The monoisotopic (exact) mass is 281 g/mol. The zero-order chi connectivity index (χ0) is 13.8. The van der Waals surface area contributed by atoms with Gasteiger partial charge in [-0.1, -0.05) is 5.16 Å². The number of hydrogen-bond acceptors (Lipinski definition) is 6. The van der Waals surface area contributed by atoms with Crippen LogP contribution in [0, 0.1) is 6.92 Å². The van der Waals surface area contributed by atoms with Crippen LogP contribution in [0.1, 0.15) is 37.4 Å². The van der Waals surface area contributed by atoms with Crippen LogP contribution in [0.3, 0.4) is 0 Å². The van der Waals surface area contributed by atoms with Gasteiger partial charge < -0.3 is 14.0 Å². The molecule has 2 atom stereocenters. The second-order valence-corrected chi connectivity index (χ2v) is 5.70. The van der Waals surface area contributed by atoms with Crippen molar-refractivity contribution in [3.8, 4) is 0 Å². The Morgan fingerprint density at radius 3 is 2.20 bits per heavy atom. The first-order valence-corrected chi connectivity index (χ1v) is 7.54. The summed E-state index contributed by atoms with van der Waals surface area (Å²) in [6, 6.07) is 0. The second kappa shape index (κ2) is 6.65. The van der Waals surface area contributed by atoms with Crippen molar-refractivity contribution < 1.29 is 14.0 Å². The van der Waals surface area contributed by atoms with Crippen molar-refractivity contribution in [2.45, 2.75) is 51.4 Å². The van der Waals surface area contributed by atoms with Crippen molar-refractivity contribution >= 4 is 0 Å². The molecule has 1 aromatic heterocycles. The summed E-state index contributed by atoms with van der Waals surface area (Å²) in [4.78, 5) is 6.63. The molecule has 3 heterocycles. The Bertz CT molecular complexity index is 394. The lowest BCUT2D eigenvalue weighted by Crippen LogP contribution is -2.37. The van der Waals surface area contributed by atoms with Gasteiger partial charge in [0.05, 0.1) is 18.8 Å². The van der Waals surface area contributed by atoms with Crippen molar-refractivity contribution in [2.75, 3.05) is 26.3 Å². The van der Waals surface area contributed by atoms with E-state index in [1.54, 1.807) is 0 Å². The van der Waals surface area contributed by atoms with Crippen LogP contribution in [0.15, 0.2) is 4.52 Å². The van der Waals surface area contributed by atoms with E-state index >= 15 is 0 Å². The Morgan fingerprint density at radius 1 is 1.10 bits per heavy atom. The summed E-state index contributed by atoms with van der Waals surface area (Å²) in [5.41, 5.74) is 0. The molecule has 6 heteroatoms. The van der Waals surface area contributed by atoms with Crippen LogP contribution in [-0.4, -0.2) is 53.6 Å². The van der Waals surface area contributed by atoms with Crippen molar-refractivity contribution in [3.05, 3.63) is 11.7 Å². The maximum atomic E-state index is 5.74. The van der Waals surface area contributed by atoms with Crippen molar-refractivity contribution in [2.24, 2.45) is 0 Å². The average Bonchev–Trinajstić information content (AvgIpc) is 3.13. The minimum atomic E-state index is 0.334. The molecule has 3 rings (SSSR count). The van der Waals surface area contributed by atoms with Crippen LogP contribution in [-0.2, 0) is 16.0 Å². The van der Waals surface area contributed by atoms with Crippen molar-refractivity contribution in [1.29, 1.82) is 0 Å². The fourth-order valence-corrected chi connectivity index (χ4v) is 2.95. The average molecular weight is 281 g/mol. The first kappa shape index (κ1) is 14.0. The van der Waals surface area contributed by atoms with Gasteiger partial charge in [0.15, 0.2) is 5.82 Å². The molecule has 0 aliphatic carbocycles. The Labute approximate surface area is 119 Å². The van der Waals surface area contributed by atoms with E-state index in [9.17, 15) is 0 Å². The molecule has 0 amide bonds. The topological polar surface area (TPSA) is 60.6 Å². The quantitative estimate of drug-likeness (QED) is 0.788. The Hall–Kier alpha value is -0.980. The summed E-state index contributed by atoms with van der Waals surface area (Å²) in [5, 5.41) is 3.86. The molecule has 0 radical (unpaired) electrons. The third-order valence-electron chi connectivity index (χ3n) is 3.90. The molecular formula is C14H23N3O3. The smallest absolute Gasteiger partial charge is 0.240 e. The van der Waals surface area contributed by atoms with Crippen LogP contribution < -0.4 is 0 Å². The summed E-state index contributed by atoms with van der Waals surface area (Å²) < 4.78 is 16.7. The number of rotatable bonds is 6. The lowest BCUT2D eigenvalue weighted by Gasteiger charge is -2.26. The zero-order valence-corrected chi connectivity index (χ0v) is 12.1. The fraction of sp³-hybridized carbons (Fsp3) is 0.857. The Kier molecular flexibility index (Phi) is 4.65. The van der Waals surface area contributed by atoms with Crippen molar-refractivity contribution in [3.63, 3.8) is 0 Å². The van der Waals surface area contributed by atoms with Gasteiger partial charge in [0, 0.05) is 26.3 Å². The van der Waals surface area contributed by atoms with Crippen LogP contribution >= 0.6 is 0 Å². The largest absolute Gasteiger partial charge is 0.377 e. The van der Waals surface area contributed by atoms with Crippen LogP contribution in [0.5, 0.6) is 0 Å². The van der Waals surface area contributed by atoms with Gasteiger partial charge in [0.1, 0.15) is 0 Å². The van der Waals surface area contributed by atoms with E-state index in [-0.39, 0.29) is 0 Å². The summed E-state index contributed by atoms with van der Waals surface area (Å²) in [6.45, 7) is 6.14. The van der Waals surface area contributed by atoms with Gasteiger partial charge in [-0.05, 0) is 32.6 Å². The number of aryl methyl sites for hydroxylation is 1. The predicted octanol–water partition coefficient (Wildman–Crippen LogP) is 1.54. The maximum Gasteiger partial charge on any atom is 0.240 e. The fourth-order valence-electron chi connectivity index (χ4n) is 2.95. The minimum absolute atomic E-state index is 0.334. The summed E-state index contributed by atoms with van der Waals surface area (Å²) in [6.07, 6.45) is 5.28. The van der Waals surface area contributed by atoms with Crippen molar-refractivity contribution in [1.82, 2.24) is 15.0 Å². The van der Waals surface area contributed by atoms with E-state index in [0.717, 1.165) is 52.0 Å². The molecule has 20 heavy (non-hydrogen) atoms. The molecule has 0 bridgehead atoms. The predicted molar refractivity (Wildman–Crippen MR) is 72.3 cm³/mol. The first-order valence-electron chi connectivity index (χ1n) is 7.54. The summed E-state index contributed by atoms with van der Waals surface area (Å²) >= 11 is 0.